The molecule has 5 nitrogen and oxygen atoms in total. The molecule has 3 rings (SSSR count). The van der Waals surface area contributed by atoms with Gasteiger partial charge in [0.1, 0.15) is 0 Å². The average Bonchev–Trinajstić information content (AvgIpc) is 2.62. The molecule has 1 aliphatic heterocycles. The van der Waals surface area contributed by atoms with Crippen molar-refractivity contribution in [3.05, 3.63) is 59.1 Å². The number of nitrogens with one attached hydrogen (secondary N) is 2. The van der Waals surface area contributed by atoms with E-state index >= 15 is 0 Å². The summed E-state index contributed by atoms with van der Waals surface area (Å²) in [5.41, 5.74) is 6.53. The summed E-state index contributed by atoms with van der Waals surface area (Å²) in [5.74, 6) is 1.09. The van der Waals surface area contributed by atoms with Gasteiger partial charge in [-0.2, -0.15) is 5.10 Å². The molecule has 1 aliphatic rings. The van der Waals surface area contributed by atoms with Gasteiger partial charge in [-0.05, 0) is 41.8 Å². The Morgan fingerprint density at radius 3 is 2.70 bits per heavy atom. The number of carbonyl (C=O) groups is 1. The van der Waals surface area contributed by atoms with Crippen molar-refractivity contribution < 1.29 is 4.79 Å². The number of carbonyl (C=O) groups excluding carboxylic acids is 1. The van der Waals surface area contributed by atoms with Gasteiger partial charge in [-0.1, -0.05) is 55.4 Å². The first-order valence-corrected chi connectivity index (χ1v) is 10.1. The molecule has 1 heterocycles. The van der Waals surface area contributed by atoms with Crippen molar-refractivity contribution in [2.24, 2.45) is 16.0 Å². The predicted octanol–water partition coefficient (Wildman–Crippen LogP) is 5.05. The summed E-state index contributed by atoms with van der Waals surface area (Å²) >= 11 is 7.57. The smallest absolute Gasteiger partial charge is 0.224 e. The number of hydrogen-bond acceptors (Lipinski definition) is 4. The first-order valence-electron chi connectivity index (χ1n) is 8.69. The molecule has 0 saturated carbocycles. The number of amides is 1. The number of hydrazone groups is 1. The molecule has 27 heavy (non-hydrogen) atoms. The fraction of sp³-hybridized carbons (Fsp3) is 0.250. The van der Waals surface area contributed by atoms with Crippen molar-refractivity contribution in [3.8, 4) is 0 Å². The second kappa shape index (κ2) is 9.06. The number of anilines is 1. The lowest BCUT2D eigenvalue weighted by Gasteiger charge is -2.15. The maximum Gasteiger partial charge on any atom is 0.224 e. The number of nitrogens with zero attached hydrogens (tertiary/aromatic N) is 2. The summed E-state index contributed by atoms with van der Waals surface area (Å²) in [5, 5.41) is 8.73. The number of hydrogen-bond donors (Lipinski definition) is 2. The highest BCUT2D eigenvalue weighted by molar-refractivity contribution is 8.14. The third kappa shape index (κ3) is 5.84. The zero-order chi connectivity index (χ0) is 19.2. The van der Waals surface area contributed by atoms with Crippen LogP contribution in [0.5, 0.6) is 0 Å². The van der Waals surface area contributed by atoms with Crippen LogP contribution in [-0.2, 0) is 4.79 Å². The van der Waals surface area contributed by atoms with E-state index in [1.54, 1.807) is 11.8 Å². The molecule has 0 atom stereocenters. The van der Waals surface area contributed by atoms with Crippen molar-refractivity contribution in [2.45, 2.75) is 20.3 Å². The second-order valence-electron chi connectivity index (χ2n) is 6.58. The monoisotopic (exact) mass is 400 g/mol. The zero-order valence-electron chi connectivity index (χ0n) is 15.2. The van der Waals surface area contributed by atoms with E-state index in [-0.39, 0.29) is 5.91 Å². The van der Waals surface area contributed by atoms with Crippen molar-refractivity contribution in [1.29, 1.82) is 0 Å². The molecule has 2 aromatic carbocycles. The maximum absolute atomic E-state index is 11.8. The van der Waals surface area contributed by atoms with E-state index in [1.807, 2.05) is 62.4 Å². The van der Waals surface area contributed by atoms with Crippen LogP contribution in [0.25, 0.3) is 0 Å². The molecule has 0 saturated heterocycles. The normalized spacial score (nSPS) is 15.4. The van der Waals surface area contributed by atoms with Crippen LogP contribution < -0.4 is 10.7 Å². The largest absolute Gasteiger partial charge is 0.326 e. The number of aliphatic imine (C=N–C) groups is 1. The summed E-state index contributed by atoms with van der Waals surface area (Å²) in [6.07, 6.45) is 0.518. The number of benzene rings is 2. The van der Waals surface area contributed by atoms with Gasteiger partial charge in [0, 0.05) is 22.9 Å². The molecule has 140 valence electrons. The van der Waals surface area contributed by atoms with E-state index in [9.17, 15) is 4.79 Å². The lowest BCUT2D eigenvalue weighted by molar-refractivity contribution is -0.116. The van der Waals surface area contributed by atoms with Crippen LogP contribution in [-0.4, -0.2) is 22.5 Å². The van der Waals surface area contributed by atoms with Gasteiger partial charge in [0.05, 0.1) is 11.4 Å². The van der Waals surface area contributed by atoms with Crippen LogP contribution in [0, 0.1) is 5.92 Å². The quantitative estimate of drug-likeness (QED) is 0.737. The maximum atomic E-state index is 11.8. The van der Waals surface area contributed by atoms with Crippen LogP contribution in [0.1, 0.15) is 25.8 Å². The highest BCUT2D eigenvalue weighted by Gasteiger charge is 2.13. The van der Waals surface area contributed by atoms with Crippen LogP contribution in [0.15, 0.2) is 58.6 Å². The van der Waals surface area contributed by atoms with Crippen molar-refractivity contribution in [1.82, 2.24) is 5.43 Å². The van der Waals surface area contributed by atoms with Gasteiger partial charge in [0.15, 0.2) is 5.17 Å². The van der Waals surface area contributed by atoms with Crippen molar-refractivity contribution in [2.75, 3.05) is 11.1 Å². The molecule has 0 radical (unpaired) electrons. The van der Waals surface area contributed by atoms with Crippen molar-refractivity contribution in [3.63, 3.8) is 0 Å². The van der Waals surface area contributed by atoms with Gasteiger partial charge in [-0.25, -0.2) is 4.99 Å². The van der Waals surface area contributed by atoms with E-state index in [1.165, 1.54) is 0 Å². The van der Waals surface area contributed by atoms with Gasteiger partial charge in [-0.3, -0.25) is 10.2 Å². The number of rotatable bonds is 5. The van der Waals surface area contributed by atoms with Gasteiger partial charge in [0.25, 0.3) is 0 Å². The standard InChI is InChI=1S/C20H21ClN4OS/c1-13(2)10-19(26)22-16-8-6-14(7-9-16)18-12-27-20(25-24-18)23-17-5-3-4-15(21)11-17/h3-9,11,13H,10,12H2,1-2H3,(H,22,26)(H,23,25). The molecular formula is C20H21ClN4OS. The second-order valence-corrected chi connectivity index (χ2v) is 7.98. The minimum Gasteiger partial charge on any atom is -0.326 e. The summed E-state index contributed by atoms with van der Waals surface area (Å²) in [6, 6.07) is 15.1. The van der Waals surface area contributed by atoms with Gasteiger partial charge < -0.3 is 5.32 Å². The molecule has 2 aromatic rings. The molecule has 7 heteroatoms. The fourth-order valence-corrected chi connectivity index (χ4v) is 3.48. The van der Waals surface area contributed by atoms with Gasteiger partial charge >= 0.3 is 0 Å². The third-order valence-electron chi connectivity index (χ3n) is 3.77. The van der Waals surface area contributed by atoms with E-state index in [2.05, 4.69) is 20.8 Å². The molecule has 0 bridgehead atoms. The van der Waals surface area contributed by atoms with E-state index < -0.39 is 0 Å². The Kier molecular flexibility index (Phi) is 6.53. The number of amidine groups is 1. The molecule has 0 unspecified atom stereocenters. The third-order valence-corrected chi connectivity index (χ3v) is 4.88. The zero-order valence-corrected chi connectivity index (χ0v) is 16.8. The van der Waals surface area contributed by atoms with Crippen LogP contribution >= 0.6 is 23.4 Å². The minimum atomic E-state index is 0.0341. The summed E-state index contributed by atoms with van der Waals surface area (Å²) in [4.78, 5) is 16.4. The lowest BCUT2D eigenvalue weighted by Crippen LogP contribution is -2.25. The SMILES string of the molecule is CC(C)CC(=O)Nc1ccc(C2=NNC(=Nc3cccc(Cl)c3)SC2)cc1. The first kappa shape index (κ1) is 19.5. The highest BCUT2D eigenvalue weighted by atomic mass is 35.5. The minimum absolute atomic E-state index is 0.0341. The first-order chi connectivity index (χ1) is 13.0. The lowest BCUT2D eigenvalue weighted by atomic mass is 10.1. The van der Waals surface area contributed by atoms with Crippen LogP contribution in [0.4, 0.5) is 11.4 Å². The van der Waals surface area contributed by atoms with Crippen LogP contribution in [0.2, 0.25) is 5.02 Å². The van der Waals surface area contributed by atoms with E-state index in [0.29, 0.717) is 23.1 Å². The van der Waals surface area contributed by atoms with Crippen LogP contribution in [0.3, 0.4) is 0 Å². The Labute approximate surface area is 168 Å². The topological polar surface area (TPSA) is 65.8 Å². The Morgan fingerprint density at radius 2 is 2.07 bits per heavy atom. The van der Waals surface area contributed by atoms with E-state index in [0.717, 1.165) is 27.8 Å². The van der Waals surface area contributed by atoms with Crippen molar-refractivity contribution >= 4 is 51.5 Å². The number of halogens is 1. The van der Waals surface area contributed by atoms with E-state index in [4.69, 9.17) is 11.6 Å². The number of thioether (sulfide) groups is 1. The molecule has 0 spiro atoms. The summed E-state index contributed by atoms with van der Waals surface area (Å²) in [7, 11) is 0. The molecular weight excluding hydrogens is 380 g/mol. The average molecular weight is 401 g/mol. The highest BCUT2D eigenvalue weighted by Crippen LogP contribution is 2.22. The van der Waals surface area contributed by atoms with Gasteiger partial charge in [0.2, 0.25) is 5.91 Å². The fourth-order valence-electron chi connectivity index (χ4n) is 2.51. The van der Waals surface area contributed by atoms with Gasteiger partial charge in [-0.15, -0.1) is 0 Å². The molecule has 1 amide bonds. The predicted molar refractivity (Wildman–Crippen MR) is 115 cm³/mol. The Morgan fingerprint density at radius 1 is 1.30 bits per heavy atom. The Balaban J connectivity index is 1.63. The summed E-state index contributed by atoms with van der Waals surface area (Å²) < 4.78 is 0. The molecule has 0 fully saturated rings. The molecule has 0 aromatic heterocycles. The molecule has 0 aliphatic carbocycles. The summed E-state index contributed by atoms with van der Waals surface area (Å²) in [6.45, 7) is 4.05. The Hall–Kier alpha value is -2.31. The molecule has 2 N–H and O–H groups in total. The Bertz CT molecular complexity index is 878.